The Balaban J connectivity index is 2.06. The van der Waals surface area contributed by atoms with Gasteiger partial charge < -0.3 is 10.0 Å². The van der Waals surface area contributed by atoms with Crippen molar-refractivity contribution >= 4 is 11.9 Å². The standard InChI is InChI=1S/C13H15NO3/c15-12-7-6-11(8-13(16)17)14(12)9-10-4-2-1-3-5-10/h1-5,11H,6-9H2,(H,16,17). The quantitative estimate of drug-likeness (QED) is 0.860. The summed E-state index contributed by atoms with van der Waals surface area (Å²) in [6, 6.07) is 9.50. The highest BCUT2D eigenvalue weighted by Crippen LogP contribution is 2.23. The highest BCUT2D eigenvalue weighted by molar-refractivity contribution is 5.80. The molecule has 1 aliphatic heterocycles. The van der Waals surface area contributed by atoms with Crippen LogP contribution < -0.4 is 0 Å². The van der Waals surface area contributed by atoms with Crippen LogP contribution in [0.5, 0.6) is 0 Å². The van der Waals surface area contributed by atoms with Crippen molar-refractivity contribution in [1.82, 2.24) is 4.90 Å². The molecule has 0 radical (unpaired) electrons. The minimum absolute atomic E-state index is 0.0403. The van der Waals surface area contributed by atoms with Crippen LogP contribution in [0.4, 0.5) is 0 Å². The zero-order valence-corrected chi connectivity index (χ0v) is 9.50. The average molecular weight is 233 g/mol. The molecule has 0 aliphatic carbocycles. The van der Waals surface area contributed by atoms with Gasteiger partial charge in [0.15, 0.2) is 0 Å². The fourth-order valence-corrected chi connectivity index (χ4v) is 2.20. The van der Waals surface area contributed by atoms with Crippen molar-refractivity contribution in [2.24, 2.45) is 0 Å². The van der Waals surface area contributed by atoms with Crippen molar-refractivity contribution in [3.05, 3.63) is 35.9 Å². The number of aliphatic carboxylic acids is 1. The van der Waals surface area contributed by atoms with Crippen molar-refractivity contribution in [1.29, 1.82) is 0 Å². The van der Waals surface area contributed by atoms with Crippen molar-refractivity contribution < 1.29 is 14.7 Å². The van der Waals surface area contributed by atoms with Gasteiger partial charge in [-0.15, -0.1) is 0 Å². The van der Waals surface area contributed by atoms with E-state index in [9.17, 15) is 9.59 Å². The number of carboxylic acids is 1. The van der Waals surface area contributed by atoms with Crippen LogP contribution in [0.25, 0.3) is 0 Å². The molecule has 4 nitrogen and oxygen atoms in total. The van der Waals surface area contributed by atoms with E-state index < -0.39 is 5.97 Å². The fraction of sp³-hybridized carbons (Fsp3) is 0.385. The monoisotopic (exact) mass is 233 g/mol. The number of amides is 1. The molecule has 1 unspecified atom stereocenters. The van der Waals surface area contributed by atoms with Crippen molar-refractivity contribution in [3.8, 4) is 0 Å². The van der Waals surface area contributed by atoms with Crippen LogP contribution in [0.1, 0.15) is 24.8 Å². The van der Waals surface area contributed by atoms with Crippen LogP contribution in [0, 0.1) is 0 Å². The minimum atomic E-state index is -0.845. The molecule has 1 heterocycles. The number of rotatable bonds is 4. The number of carbonyl (C=O) groups is 2. The Morgan fingerprint density at radius 3 is 2.71 bits per heavy atom. The van der Waals surface area contributed by atoms with Gasteiger partial charge in [-0.3, -0.25) is 9.59 Å². The summed E-state index contributed by atoms with van der Waals surface area (Å²) in [6.45, 7) is 0.512. The number of benzene rings is 1. The lowest BCUT2D eigenvalue weighted by atomic mass is 10.1. The minimum Gasteiger partial charge on any atom is -0.481 e. The number of hydrogen-bond donors (Lipinski definition) is 1. The van der Waals surface area contributed by atoms with E-state index in [0.29, 0.717) is 19.4 Å². The second kappa shape index (κ2) is 4.99. The third kappa shape index (κ3) is 2.84. The first-order chi connectivity index (χ1) is 8.16. The first-order valence-electron chi connectivity index (χ1n) is 5.72. The van der Waals surface area contributed by atoms with Gasteiger partial charge in [-0.05, 0) is 12.0 Å². The van der Waals surface area contributed by atoms with E-state index in [2.05, 4.69) is 0 Å². The van der Waals surface area contributed by atoms with E-state index >= 15 is 0 Å². The van der Waals surface area contributed by atoms with Gasteiger partial charge in [0.05, 0.1) is 6.42 Å². The van der Waals surface area contributed by atoms with Crippen LogP contribution in [0.3, 0.4) is 0 Å². The third-order valence-electron chi connectivity index (χ3n) is 3.06. The summed E-state index contributed by atoms with van der Waals surface area (Å²) in [5.41, 5.74) is 1.04. The van der Waals surface area contributed by atoms with Gasteiger partial charge in [0.2, 0.25) is 5.91 Å². The van der Waals surface area contributed by atoms with Crippen LogP contribution in [0.15, 0.2) is 30.3 Å². The largest absolute Gasteiger partial charge is 0.481 e. The summed E-state index contributed by atoms with van der Waals surface area (Å²) in [5, 5.41) is 8.81. The third-order valence-corrected chi connectivity index (χ3v) is 3.06. The molecule has 4 heteroatoms. The van der Waals surface area contributed by atoms with Crippen molar-refractivity contribution in [2.45, 2.75) is 31.8 Å². The molecule has 1 atom stereocenters. The number of likely N-dealkylation sites (tertiary alicyclic amines) is 1. The smallest absolute Gasteiger partial charge is 0.305 e. The molecule has 17 heavy (non-hydrogen) atoms. The van der Waals surface area contributed by atoms with E-state index in [1.54, 1.807) is 4.90 Å². The van der Waals surface area contributed by atoms with Gasteiger partial charge in [-0.2, -0.15) is 0 Å². The Labute approximate surface area is 99.9 Å². The molecule has 90 valence electrons. The highest BCUT2D eigenvalue weighted by atomic mass is 16.4. The molecule has 1 aromatic rings. The lowest BCUT2D eigenvalue weighted by molar-refractivity contribution is -0.139. The zero-order chi connectivity index (χ0) is 12.3. The molecular formula is C13H15NO3. The van der Waals surface area contributed by atoms with Crippen LogP contribution in [-0.2, 0) is 16.1 Å². The second-order valence-corrected chi connectivity index (χ2v) is 4.30. The van der Waals surface area contributed by atoms with Crippen LogP contribution in [0.2, 0.25) is 0 Å². The normalized spacial score (nSPS) is 19.6. The van der Waals surface area contributed by atoms with Gasteiger partial charge in [-0.1, -0.05) is 30.3 Å². The molecule has 1 aromatic carbocycles. The Kier molecular flexibility index (Phi) is 3.42. The van der Waals surface area contributed by atoms with Crippen molar-refractivity contribution in [2.75, 3.05) is 0 Å². The van der Waals surface area contributed by atoms with Gasteiger partial charge in [0, 0.05) is 19.0 Å². The number of nitrogens with zero attached hydrogens (tertiary/aromatic N) is 1. The highest BCUT2D eigenvalue weighted by Gasteiger charge is 2.32. The fourth-order valence-electron chi connectivity index (χ4n) is 2.20. The van der Waals surface area contributed by atoms with Gasteiger partial charge in [0.1, 0.15) is 0 Å². The lowest BCUT2D eigenvalue weighted by Gasteiger charge is -2.23. The van der Waals surface area contributed by atoms with E-state index in [-0.39, 0.29) is 18.4 Å². The van der Waals surface area contributed by atoms with E-state index in [0.717, 1.165) is 5.56 Å². The average Bonchev–Trinajstić information content (AvgIpc) is 2.62. The number of hydrogen-bond acceptors (Lipinski definition) is 2. The second-order valence-electron chi connectivity index (χ2n) is 4.30. The Morgan fingerprint density at radius 1 is 1.35 bits per heavy atom. The molecule has 1 aliphatic rings. The molecule has 0 aromatic heterocycles. The Hall–Kier alpha value is -1.84. The number of carbonyl (C=O) groups excluding carboxylic acids is 1. The van der Waals surface area contributed by atoms with E-state index in [4.69, 9.17) is 5.11 Å². The molecule has 0 bridgehead atoms. The Bertz CT molecular complexity index is 416. The maximum atomic E-state index is 11.7. The predicted octanol–water partition coefficient (Wildman–Crippen LogP) is 1.65. The molecule has 1 saturated heterocycles. The topological polar surface area (TPSA) is 57.6 Å². The van der Waals surface area contributed by atoms with E-state index in [1.807, 2.05) is 30.3 Å². The first-order valence-corrected chi connectivity index (χ1v) is 5.72. The molecule has 1 amide bonds. The molecule has 1 N–H and O–H groups in total. The molecule has 0 spiro atoms. The van der Waals surface area contributed by atoms with Crippen molar-refractivity contribution in [3.63, 3.8) is 0 Å². The SMILES string of the molecule is O=C(O)CC1CCC(=O)N1Cc1ccccc1. The summed E-state index contributed by atoms with van der Waals surface area (Å²) in [6.07, 6.45) is 1.15. The molecular weight excluding hydrogens is 218 g/mol. The number of carboxylic acid groups (broad SMARTS) is 1. The molecule has 0 saturated carbocycles. The Morgan fingerprint density at radius 2 is 2.06 bits per heavy atom. The van der Waals surface area contributed by atoms with Crippen LogP contribution in [-0.4, -0.2) is 27.9 Å². The van der Waals surface area contributed by atoms with Gasteiger partial charge in [0.25, 0.3) is 0 Å². The summed E-state index contributed by atoms with van der Waals surface area (Å²) in [4.78, 5) is 24.1. The molecule has 1 fully saturated rings. The van der Waals surface area contributed by atoms with Gasteiger partial charge in [-0.25, -0.2) is 0 Å². The lowest BCUT2D eigenvalue weighted by Crippen LogP contribution is -2.33. The molecule has 2 rings (SSSR count). The predicted molar refractivity (Wildman–Crippen MR) is 62.3 cm³/mol. The maximum Gasteiger partial charge on any atom is 0.305 e. The summed E-state index contributed by atoms with van der Waals surface area (Å²) in [5.74, 6) is -0.789. The van der Waals surface area contributed by atoms with Gasteiger partial charge >= 0.3 is 5.97 Å². The summed E-state index contributed by atoms with van der Waals surface area (Å²) in [7, 11) is 0. The van der Waals surface area contributed by atoms with Crippen LogP contribution >= 0.6 is 0 Å². The zero-order valence-electron chi connectivity index (χ0n) is 9.50. The summed E-state index contributed by atoms with van der Waals surface area (Å²) >= 11 is 0. The van der Waals surface area contributed by atoms with E-state index in [1.165, 1.54) is 0 Å². The maximum absolute atomic E-state index is 11.7. The first kappa shape index (κ1) is 11.6. The summed E-state index contributed by atoms with van der Waals surface area (Å²) < 4.78 is 0.